The number of rotatable bonds is 5. The molecule has 1 heterocycles. The fourth-order valence-electron chi connectivity index (χ4n) is 2.49. The quantitative estimate of drug-likeness (QED) is 0.366. The summed E-state index contributed by atoms with van der Waals surface area (Å²) in [6.45, 7) is 1.69. The van der Waals surface area contributed by atoms with E-state index in [0.717, 1.165) is 20.8 Å². The largest absolute Gasteiger partial charge is 0.382 e. The van der Waals surface area contributed by atoms with Crippen LogP contribution in [0.1, 0.15) is 18.9 Å². The summed E-state index contributed by atoms with van der Waals surface area (Å²) in [5.74, 6) is 0.319. The van der Waals surface area contributed by atoms with Crippen LogP contribution in [0.3, 0.4) is 0 Å². The van der Waals surface area contributed by atoms with Gasteiger partial charge in [-0.1, -0.05) is 34.1 Å². The van der Waals surface area contributed by atoms with E-state index in [-0.39, 0.29) is 0 Å². The lowest BCUT2D eigenvalue weighted by molar-refractivity contribution is 1.22. The van der Waals surface area contributed by atoms with Crippen LogP contribution >= 0.6 is 15.9 Å². The summed E-state index contributed by atoms with van der Waals surface area (Å²) in [7, 11) is 0. The van der Waals surface area contributed by atoms with Crippen molar-refractivity contribution in [1.82, 2.24) is 4.98 Å². The van der Waals surface area contributed by atoms with Gasteiger partial charge >= 0.3 is 0 Å². The van der Waals surface area contributed by atoms with Gasteiger partial charge in [0.15, 0.2) is 5.82 Å². The molecule has 0 saturated heterocycles. The minimum absolute atomic E-state index is 0.319. The summed E-state index contributed by atoms with van der Waals surface area (Å²) in [4.78, 5) is 4.17. The highest BCUT2D eigenvalue weighted by molar-refractivity contribution is 9.10. The van der Waals surface area contributed by atoms with Crippen LogP contribution in [0.4, 0.5) is 17.2 Å². The molecule has 0 bridgehead atoms. The molecule has 0 aliphatic carbocycles. The summed E-state index contributed by atoms with van der Waals surface area (Å²) >= 11 is 3.46. The summed E-state index contributed by atoms with van der Waals surface area (Å²) in [6, 6.07) is 13.0. The van der Waals surface area contributed by atoms with Crippen LogP contribution in [0, 0.1) is 10.8 Å². The van der Waals surface area contributed by atoms with Gasteiger partial charge < -0.3 is 16.6 Å². The van der Waals surface area contributed by atoms with Crippen molar-refractivity contribution >= 4 is 55.3 Å². The zero-order valence-corrected chi connectivity index (χ0v) is 15.7. The van der Waals surface area contributed by atoms with Crippen LogP contribution in [0.15, 0.2) is 63.4 Å². The molecule has 3 aromatic rings. The third-order valence-electron chi connectivity index (χ3n) is 3.78. The number of benzene rings is 2. The first-order valence-corrected chi connectivity index (χ1v) is 8.70. The molecule has 4 N–H and O–H groups in total. The summed E-state index contributed by atoms with van der Waals surface area (Å²) in [6.07, 6.45) is 2.05. The van der Waals surface area contributed by atoms with Crippen molar-refractivity contribution in [3.63, 3.8) is 0 Å². The molecule has 2 aromatic carbocycles. The smallest absolute Gasteiger partial charge is 0.151 e. The molecule has 0 saturated carbocycles. The third-order valence-corrected chi connectivity index (χ3v) is 4.27. The van der Waals surface area contributed by atoms with Crippen LogP contribution in [-0.2, 0) is 0 Å². The molecule has 0 spiro atoms. The Hall–Kier alpha value is -2.93. The molecular weight excluding hydrogens is 392 g/mol. The maximum absolute atomic E-state index is 7.98. The standard InChI is InChI=1S/C19H17BrN6/c1-11(21)8-17(22)12-3-6-15(7-4-12)25-26-18-16-9-14(20)5-2-13(16)10-24-19(18)23/h2-7,9-10,21-22H,8H2,1H3,(H2,23,24). The van der Waals surface area contributed by atoms with Gasteiger partial charge in [-0.05, 0) is 36.8 Å². The van der Waals surface area contributed by atoms with Gasteiger partial charge in [-0.3, -0.25) is 0 Å². The number of azo groups is 1. The number of hydrogen-bond donors (Lipinski definition) is 3. The van der Waals surface area contributed by atoms with E-state index in [1.54, 1.807) is 37.4 Å². The van der Waals surface area contributed by atoms with E-state index in [1.165, 1.54) is 0 Å². The van der Waals surface area contributed by atoms with Gasteiger partial charge in [0.1, 0.15) is 5.69 Å². The Morgan fingerprint density at radius 1 is 1.12 bits per heavy atom. The SMILES string of the molecule is CC(=N)CC(=N)c1ccc(N=Nc2c(N)ncc3ccc(Br)cc23)cc1. The van der Waals surface area contributed by atoms with Gasteiger partial charge in [0.05, 0.1) is 5.69 Å². The molecule has 6 nitrogen and oxygen atoms in total. The average Bonchev–Trinajstić information content (AvgIpc) is 2.60. The number of halogens is 1. The lowest BCUT2D eigenvalue weighted by Crippen LogP contribution is -2.03. The Kier molecular flexibility index (Phi) is 5.18. The van der Waals surface area contributed by atoms with E-state index < -0.39 is 0 Å². The predicted octanol–water partition coefficient (Wildman–Crippen LogP) is 5.79. The van der Waals surface area contributed by atoms with Crippen LogP contribution in [0.2, 0.25) is 0 Å². The summed E-state index contributed by atoms with van der Waals surface area (Å²) < 4.78 is 0.927. The lowest BCUT2D eigenvalue weighted by Gasteiger charge is -2.05. The molecule has 1 aromatic heterocycles. The molecule has 0 radical (unpaired) electrons. The van der Waals surface area contributed by atoms with Gasteiger partial charge in [0.25, 0.3) is 0 Å². The number of nitrogens with zero attached hydrogens (tertiary/aromatic N) is 3. The maximum atomic E-state index is 7.98. The van der Waals surface area contributed by atoms with Gasteiger partial charge in [-0.2, -0.15) is 5.11 Å². The van der Waals surface area contributed by atoms with E-state index in [9.17, 15) is 0 Å². The van der Waals surface area contributed by atoms with Gasteiger partial charge in [-0.25, -0.2) is 4.98 Å². The molecular formula is C19H17BrN6. The second-order valence-electron chi connectivity index (χ2n) is 5.91. The first kappa shape index (κ1) is 17.9. The van der Waals surface area contributed by atoms with E-state index in [2.05, 4.69) is 31.1 Å². The molecule has 0 aliphatic heterocycles. The Balaban J connectivity index is 1.90. The van der Waals surface area contributed by atoms with E-state index in [1.807, 2.05) is 18.2 Å². The van der Waals surface area contributed by atoms with E-state index in [4.69, 9.17) is 16.6 Å². The molecule has 0 fully saturated rings. The van der Waals surface area contributed by atoms with Crippen LogP contribution < -0.4 is 5.73 Å². The molecule has 0 amide bonds. The van der Waals surface area contributed by atoms with Crippen LogP contribution in [-0.4, -0.2) is 16.4 Å². The summed E-state index contributed by atoms with van der Waals surface area (Å²) in [5, 5.41) is 25.8. The number of nitrogens with two attached hydrogens (primary N) is 1. The number of pyridine rings is 1. The lowest BCUT2D eigenvalue weighted by atomic mass is 10.1. The number of anilines is 1. The zero-order chi connectivity index (χ0) is 18.7. The highest BCUT2D eigenvalue weighted by Crippen LogP contribution is 2.33. The van der Waals surface area contributed by atoms with Crippen molar-refractivity contribution in [3.05, 3.63) is 58.7 Å². The molecule has 130 valence electrons. The molecule has 26 heavy (non-hydrogen) atoms. The van der Waals surface area contributed by atoms with Gasteiger partial charge in [-0.15, -0.1) is 5.11 Å². The van der Waals surface area contributed by atoms with Gasteiger partial charge in [0, 0.05) is 39.3 Å². The van der Waals surface area contributed by atoms with Gasteiger partial charge in [0.2, 0.25) is 0 Å². The Morgan fingerprint density at radius 2 is 1.85 bits per heavy atom. The normalized spacial score (nSPS) is 11.2. The van der Waals surface area contributed by atoms with Crippen molar-refractivity contribution in [1.29, 1.82) is 10.8 Å². The molecule has 7 heteroatoms. The van der Waals surface area contributed by atoms with Crippen molar-refractivity contribution in [3.8, 4) is 0 Å². The fraction of sp³-hybridized carbons (Fsp3) is 0.105. The van der Waals surface area contributed by atoms with Crippen LogP contribution in [0.25, 0.3) is 10.8 Å². The minimum atomic E-state index is 0.319. The monoisotopic (exact) mass is 408 g/mol. The highest BCUT2D eigenvalue weighted by atomic mass is 79.9. The molecule has 0 unspecified atom stereocenters. The second kappa shape index (κ2) is 7.53. The number of fused-ring (bicyclic) bond motifs is 1. The molecule has 0 atom stereocenters. The number of hydrogen-bond acceptors (Lipinski definition) is 6. The number of nitrogen functional groups attached to an aromatic ring is 1. The number of nitrogens with one attached hydrogen (secondary N) is 2. The summed E-state index contributed by atoms with van der Waals surface area (Å²) in [5.41, 5.74) is 8.80. The minimum Gasteiger partial charge on any atom is -0.382 e. The first-order chi connectivity index (χ1) is 12.4. The number of aromatic nitrogens is 1. The van der Waals surface area contributed by atoms with E-state index in [0.29, 0.717) is 35.0 Å². The topological polar surface area (TPSA) is 111 Å². The average molecular weight is 409 g/mol. The highest BCUT2D eigenvalue weighted by Gasteiger charge is 2.07. The van der Waals surface area contributed by atoms with Crippen molar-refractivity contribution in [2.75, 3.05) is 5.73 Å². The first-order valence-electron chi connectivity index (χ1n) is 7.91. The molecule has 3 rings (SSSR count). The van der Waals surface area contributed by atoms with Crippen LogP contribution in [0.5, 0.6) is 0 Å². The zero-order valence-electron chi connectivity index (χ0n) is 14.1. The maximum Gasteiger partial charge on any atom is 0.151 e. The Morgan fingerprint density at radius 3 is 2.54 bits per heavy atom. The van der Waals surface area contributed by atoms with Crippen molar-refractivity contribution < 1.29 is 0 Å². The molecule has 0 aliphatic rings. The fourth-order valence-corrected chi connectivity index (χ4v) is 2.85. The van der Waals surface area contributed by atoms with Crippen molar-refractivity contribution in [2.24, 2.45) is 10.2 Å². The predicted molar refractivity (Wildman–Crippen MR) is 109 cm³/mol. The second-order valence-corrected chi connectivity index (χ2v) is 6.82. The van der Waals surface area contributed by atoms with E-state index >= 15 is 0 Å². The van der Waals surface area contributed by atoms with Crippen molar-refractivity contribution in [2.45, 2.75) is 13.3 Å². The Labute approximate surface area is 159 Å². The third kappa shape index (κ3) is 4.00. The Bertz CT molecular complexity index is 1020.